The summed E-state index contributed by atoms with van der Waals surface area (Å²) >= 11 is 0. The third-order valence-electron chi connectivity index (χ3n) is 7.06. The lowest BCUT2D eigenvalue weighted by Gasteiger charge is -2.34. The highest BCUT2D eigenvalue weighted by Crippen LogP contribution is 2.36. The number of rotatable bonds is 5. The Morgan fingerprint density at radius 3 is 2.49 bits per heavy atom. The summed E-state index contributed by atoms with van der Waals surface area (Å²) in [5.74, 6) is 0.0930. The Morgan fingerprint density at radius 1 is 0.919 bits per heavy atom. The molecule has 6 rings (SSSR count). The Kier molecular flexibility index (Phi) is 5.50. The maximum atomic E-state index is 13.7. The molecule has 1 saturated heterocycles. The summed E-state index contributed by atoms with van der Waals surface area (Å²) in [7, 11) is -3.88. The zero-order chi connectivity index (χ0) is 25.6. The molecule has 37 heavy (non-hydrogen) atoms. The van der Waals surface area contributed by atoms with E-state index in [2.05, 4.69) is 15.2 Å². The summed E-state index contributed by atoms with van der Waals surface area (Å²) in [6.07, 6.45) is 2.51. The van der Waals surface area contributed by atoms with Crippen LogP contribution >= 0.6 is 0 Å². The van der Waals surface area contributed by atoms with Gasteiger partial charge in [-0.2, -0.15) is 0 Å². The van der Waals surface area contributed by atoms with Gasteiger partial charge < -0.3 is 10.5 Å². The minimum Gasteiger partial charge on any atom is -0.381 e. The zero-order valence-electron chi connectivity index (χ0n) is 19.7. The molecular weight excluding hydrogens is 490 g/mol. The third-order valence-corrected chi connectivity index (χ3v) is 8.81. The molecule has 2 aromatic carbocycles. The van der Waals surface area contributed by atoms with Gasteiger partial charge in [-0.25, -0.2) is 8.42 Å². The predicted molar refractivity (Wildman–Crippen MR) is 137 cm³/mol. The van der Waals surface area contributed by atoms with Crippen LogP contribution in [0.5, 0.6) is 0 Å². The number of pyridine rings is 2. The average molecular weight is 514 g/mol. The third kappa shape index (κ3) is 3.76. The second kappa shape index (κ2) is 8.75. The van der Waals surface area contributed by atoms with Crippen LogP contribution in [0.4, 0.5) is 0 Å². The Labute approximate surface area is 212 Å². The number of benzene rings is 2. The smallest absolute Gasteiger partial charge is 0.228 e. The number of nitrogens with two attached hydrogens (primary N) is 1. The standard InChI is InChI=1S/C27H23N5O4S/c28-26(33)27(11-14-36-15-12-27)19-4-3-5-20(17-19)37(34,35)21-8-9-23-18(16-21)7-10-24-30-31-25(32(23)24)22-6-1-2-13-29-22/h1-10,13,16-17H,11-12,14-15H2,(H2,28,33). The van der Waals surface area contributed by atoms with Crippen LogP contribution in [-0.4, -0.2) is 47.1 Å². The molecule has 0 saturated carbocycles. The van der Waals surface area contributed by atoms with Crippen LogP contribution in [0.15, 0.2) is 88.8 Å². The van der Waals surface area contributed by atoms with Crippen LogP contribution in [-0.2, 0) is 24.8 Å². The summed E-state index contributed by atoms with van der Waals surface area (Å²) in [5, 5.41) is 9.25. The number of aromatic nitrogens is 4. The largest absolute Gasteiger partial charge is 0.381 e. The maximum absolute atomic E-state index is 13.7. The lowest BCUT2D eigenvalue weighted by atomic mass is 9.73. The van der Waals surface area contributed by atoms with Crippen molar-refractivity contribution in [3.05, 3.63) is 84.6 Å². The average Bonchev–Trinajstić information content (AvgIpc) is 3.38. The van der Waals surface area contributed by atoms with E-state index in [1.807, 2.05) is 28.7 Å². The summed E-state index contributed by atoms with van der Waals surface area (Å²) in [4.78, 5) is 17.1. The molecule has 2 N–H and O–H groups in total. The van der Waals surface area contributed by atoms with E-state index in [9.17, 15) is 13.2 Å². The molecule has 1 amide bonds. The molecule has 186 valence electrons. The van der Waals surface area contributed by atoms with Crippen molar-refractivity contribution in [3.8, 4) is 11.5 Å². The van der Waals surface area contributed by atoms with Gasteiger partial charge >= 0.3 is 0 Å². The molecule has 1 aliphatic heterocycles. The Hall–Kier alpha value is -4.15. The number of nitrogens with zero attached hydrogens (tertiary/aromatic N) is 4. The number of primary amides is 1. The van der Waals surface area contributed by atoms with Crippen LogP contribution in [0.2, 0.25) is 0 Å². The van der Waals surface area contributed by atoms with Crippen molar-refractivity contribution in [3.63, 3.8) is 0 Å². The molecule has 1 aliphatic rings. The van der Waals surface area contributed by atoms with E-state index in [-0.39, 0.29) is 9.79 Å². The van der Waals surface area contributed by atoms with Gasteiger partial charge in [0.1, 0.15) is 5.69 Å². The fourth-order valence-corrected chi connectivity index (χ4v) is 6.34. The second-order valence-electron chi connectivity index (χ2n) is 9.08. The van der Waals surface area contributed by atoms with Gasteiger partial charge in [0.25, 0.3) is 0 Å². The van der Waals surface area contributed by atoms with Crippen LogP contribution in [0.3, 0.4) is 0 Å². The first-order valence-electron chi connectivity index (χ1n) is 11.8. The quantitative estimate of drug-likeness (QED) is 0.382. The molecule has 5 aromatic rings. The van der Waals surface area contributed by atoms with Crippen molar-refractivity contribution in [1.29, 1.82) is 0 Å². The fourth-order valence-electron chi connectivity index (χ4n) is 5.00. The van der Waals surface area contributed by atoms with Crippen LogP contribution in [0, 0.1) is 0 Å². The molecule has 9 nitrogen and oxygen atoms in total. The van der Waals surface area contributed by atoms with Crippen molar-refractivity contribution in [2.24, 2.45) is 5.73 Å². The van der Waals surface area contributed by atoms with Crippen LogP contribution in [0.25, 0.3) is 28.1 Å². The van der Waals surface area contributed by atoms with Crippen molar-refractivity contribution in [2.75, 3.05) is 13.2 Å². The van der Waals surface area contributed by atoms with E-state index < -0.39 is 21.2 Å². The highest BCUT2D eigenvalue weighted by Gasteiger charge is 2.40. The Morgan fingerprint density at radius 2 is 1.73 bits per heavy atom. The SMILES string of the molecule is NC(=O)C1(c2cccc(S(=O)(=O)c3ccc4c(ccc5nnc(-c6ccccn6)n54)c3)c2)CCOCC1. The van der Waals surface area contributed by atoms with Crippen molar-refractivity contribution >= 4 is 32.3 Å². The molecule has 0 aliphatic carbocycles. The number of ether oxygens (including phenoxy) is 1. The first kappa shape index (κ1) is 23.3. The van der Waals surface area contributed by atoms with E-state index in [0.717, 1.165) is 5.52 Å². The van der Waals surface area contributed by atoms with E-state index >= 15 is 0 Å². The van der Waals surface area contributed by atoms with Gasteiger partial charge in [0.15, 0.2) is 11.5 Å². The van der Waals surface area contributed by atoms with Crippen molar-refractivity contribution < 1.29 is 17.9 Å². The number of amides is 1. The monoisotopic (exact) mass is 513 g/mol. The Bertz CT molecular complexity index is 1760. The summed E-state index contributed by atoms with van der Waals surface area (Å²) in [6.45, 7) is 0.783. The molecule has 0 unspecified atom stereocenters. The molecule has 4 heterocycles. The van der Waals surface area contributed by atoms with Gasteiger partial charge in [0, 0.05) is 24.8 Å². The number of sulfone groups is 1. The number of hydrogen-bond donors (Lipinski definition) is 1. The van der Waals surface area contributed by atoms with Gasteiger partial charge in [0.05, 0.1) is 20.7 Å². The van der Waals surface area contributed by atoms with Gasteiger partial charge in [-0.3, -0.25) is 14.2 Å². The highest BCUT2D eigenvalue weighted by molar-refractivity contribution is 7.91. The minimum absolute atomic E-state index is 0.107. The van der Waals surface area contributed by atoms with E-state index in [4.69, 9.17) is 10.5 Å². The molecule has 0 bridgehead atoms. The number of hydrogen-bond acceptors (Lipinski definition) is 7. The first-order chi connectivity index (χ1) is 17.9. The second-order valence-corrected chi connectivity index (χ2v) is 11.0. The zero-order valence-corrected chi connectivity index (χ0v) is 20.6. The number of fused-ring (bicyclic) bond motifs is 3. The summed E-state index contributed by atoms with van der Waals surface area (Å²) in [5.41, 5.74) is 7.49. The molecule has 0 atom stereocenters. The molecule has 10 heteroatoms. The van der Waals surface area contributed by atoms with E-state index in [1.54, 1.807) is 54.7 Å². The first-order valence-corrected chi connectivity index (χ1v) is 13.3. The van der Waals surface area contributed by atoms with Crippen molar-refractivity contribution in [1.82, 2.24) is 19.6 Å². The van der Waals surface area contributed by atoms with Crippen LogP contribution < -0.4 is 5.73 Å². The molecular formula is C27H23N5O4S. The highest BCUT2D eigenvalue weighted by atomic mass is 32.2. The van der Waals surface area contributed by atoms with Gasteiger partial charge in [0.2, 0.25) is 15.7 Å². The summed E-state index contributed by atoms with van der Waals surface area (Å²) in [6, 6.07) is 20.6. The number of carbonyl (C=O) groups is 1. The van der Waals surface area contributed by atoms with E-state index in [1.165, 1.54) is 0 Å². The lowest BCUT2D eigenvalue weighted by molar-refractivity contribution is -0.127. The van der Waals surface area contributed by atoms with Crippen LogP contribution in [0.1, 0.15) is 18.4 Å². The number of carbonyl (C=O) groups excluding carboxylic acids is 1. The van der Waals surface area contributed by atoms with Gasteiger partial charge in [-0.1, -0.05) is 18.2 Å². The van der Waals surface area contributed by atoms with Gasteiger partial charge in [-0.05, 0) is 73.0 Å². The normalized spacial score (nSPS) is 15.7. The molecule has 0 radical (unpaired) electrons. The summed E-state index contributed by atoms with van der Waals surface area (Å²) < 4.78 is 34.7. The minimum atomic E-state index is -3.88. The molecule has 1 fully saturated rings. The van der Waals surface area contributed by atoms with E-state index in [0.29, 0.717) is 54.2 Å². The Balaban J connectivity index is 1.45. The topological polar surface area (TPSA) is 130 Å². The predicted octanol–water partition coefficient (Wildman–Crippen LogP) is 3.31. The van der Waals surface area contributed by atoms with Gasteiger partial charge in [-0.15, -0.1) is 10.2 Å². The molecule has 0 spiro atoms. The lowest BCUT2D eigenvalue weighted by Crippen LogP contribution is -2.45. The molecule has 3 aromatic heterocycles. The fraction of sp³-hybridized carbons (Fsp3) is 0.185. The van der Waals surface area contributed by atoms with Crippen molar-refractivity contribution in [2.45, 2.75) is 28.0 Å². The maximum Gasteiger partial charge on any atom is 0.228 e.